The fraction of sp³-hybridized carbons (Fsp3) is 0.632. The van der Waals surface area contributed by atoms with Crippen molar-refractivity contribution in [3.05, 3.63) is 18.2 Å². The van der Waals surface area contributed by atoms with Gasteiger partial charge in [-0.1, -0.05) is 0 Å². The van der Waals surface area contributed by atoms with Gasteiger partial charge in [-0.2, -0.15) is 4.31 Å². The molecule has 0 spiro atoms. The molecule has 1 aromatic carbocycles. The molecule has 29 heavy (non-hydrogen) atoms. The highest BCUT2D eigenvalue weighted by atomic mass is 32.2. The predicted molar refractivity (Wildman–Crippen MR) is 107 cm³/mol. The molecule has 1 aromatic rings. The second-order valence-electron chi connectivity index (χ2n) is 6.75. The number of urea groups is 1. The Bertz CT molecular complexity index is 802. The molecule has 2 aliphatic heterocycles. The summed E-state index contributed by atoms with van der Waals surface area (Å²) in [5.74, 6) is 0.936. The van der Waals surface area contributed by atoms with Crippen LogP contribution in [0.15, 0.2) is 23.1 Å². The molecule has 0 saturated carbocycles. The second-order valence-corrected chi connectivity index (χ2v) is 8.69. The monoisotopic (exact) mass is 427 g/mol. The fourth-order valence-corrected chi connectivity index (χ4v) is 4.85. The van der Waals surface area contributed by atoms with E-state index in [1.54, 1.807) is 15.9 Å². The van der Waals surface area contributed by atoms with Crippen LogP contribution in [0.4, 0.5) is 4.79 Å². The third-order valence-electron chi connectivity index (χ3n) is 4.94. The van der Waals surface area contributed by atoms with Gasteiger partial charge in [0.15, 0.2) is 11.5 Å². The zero-order valence-electron chi connectivity index (χ0n) is 17.0. The Morgan fingerprint density at radius 3 is 2.14 bits per heavy atom. The van der Waals surface area contributed by atoms with Crippen LogP contribution < -0.4 is 9.47 Å². The SMILES string of the molecule is CCOc1ccc(S(=O)(=O)N2CCN(C(=O)N3CCOCC3)CC2)cc1OCC. The van der Waals surface area contributed by atoms with E-state index in [2.05, 4.69) is 0 Å². The molecule has 9 nitrogen and oxygen atoms in total. The fourth-order valence-electron chi connectivity index (χ4n) is 3.42. The average Bonchev–Trinajstić information content (AvgIpc) is 2.75. The minimum absolute atomic E-state index is 0.0509. The Hall–Kier alpha value is -2.04. The number of carbonyl (C=O) groups is 1. The maximum atomic E-state index is 13.1. The molecule has 162 valence electrons. The molecule has 0 N–H and O–H groups in total. The summed E-state index contributed by atoms with van der Waals surface area (Å²) in [6, 6.07) is 4.62. The maximum absolute atomic E-state index is 13.1. The second kappa shape index (κ2) is 9.64. The number of sulfonamides is 1. The molecule has 0 radical (unpaired) electrons. The van der Waals surface area contributed by atoms with Gasteiger partial charge >= 0.3 is 6.03 Å². The largest absolute Gasteiger partial charge is 0.490 e. The lowest BCUT2D eigenvalue weighted by Crippen LogP contribution is -2.55. The summed E-state index contributed by atoms with van der Waals surface area (Å²) in [5, 5.41) is 0. The normalized spacial score (nSPS) is 18.6. The summed E-state index contributed by atoms with van der Waals surface area (Å²) < 4.78 is 43.9. The van der Waals surface area contributed by atoms with Gasteiger partial charge in [-0.05, 0) is 26.0 Å². The van der Waals surface area contributed by atoms with E-state index in [1.165, 1.54) is 16.4 Å². The summed E-state index contributed by atoms with van der Waals surface area (Å²) in [5.41, 5.74) is 0. The first kappa shape index (κ1) is 21.7. The number of carbonyl (C=O) groups excluding carboxylic acids is 1. The van der Waals surface area contributed by atoms with Crippen LogP contribution in [0.1, 0.15) is 13.8 Å². The Kier molecular flexibility index (Phi) is 7.20. The maximum Gasteiger partial charge on any atom is 0.320 e. The van der Waals surface area contributed by atoms with Gasteiger partial charge in [0.1, 0.15) is 0 Å². The van der Waals surface area contributed by atoms with Gasteiger partial charge in [-0.3, -0.25) is 0 Å². The third-order valence-corrected chi connectivity index (χ3v) is 6.84. The Labute approximate surface area is 172 Å². The molecule has 0 atom stereocenters. The Morgan fingerprint density at radius 2 is 1.52 bits per heavy atom. The highest BCUT2D eigenvalue weighted by Crippen LogP contribution is 2.31. The van der Waals surface area contributed by atoms with Crippen molar-refractivity contribution in [3.63, 3.8) is 0 Å². The smallest absolute Gasteiger partial charge is 0.320 e. The Morgan fingerprint density at radius 1 is 0.931 bits per heavy atom. The summed E-state index contributed by atoms with van der Waals surface area (Å²) in [4.78, 5) is 16.2. The number of piperazine rings is 1. The van der Waals surface area contributed by atoms with Crippen molar-refractivity contribution >= 4 is 16.1 Å². The van der Waals surface area contributed by atoms with Crippen LogP contribution in [-0.2, 0) is 14.8 Å². The summed E-state index contributed by atoms with van der Waals surface area (Å²) >= 11 is 0. The van der Waals surface area contributed by atoms with Crippen molar-refractivity contribution in [1.29, 1.82) is 0 Å². The highest BCUT2D eigenvalue weighted by molar-refractivity contribution is 7.89. The van der Waals surface area contributed by atoms with E-state index in [1.807, 2.05) is 13.8 Å². The lowest BCUT2D eigenvalue weighted by Gasteiger charge is -2.38. The zero-order chi connectivity index (χ0) is 20.9. The van der Waals surface area contributed by atoms with Gasteiger partial charge in [0.25, 0.3) is 0 Å². The molecular weight excluding hydrogens is 398 g/mol. The van der Waals surface area contributed by atoms with Crippen molar-refractivity contribution < 1.29 is 27.4 Å². The number of nitrogens with zero attached hydrogens (tertiary/aromatic N) is 3. The van der Waals surface area contributed by atoms with Crippen molar-refractivity contribution in [3.8, 4) is 11.5 Å². The molecule has 0 unspecified atom stereocenters. The lowest BCUT2D eigenvalue weighted by atomic mass is 10.3. The van der Waals surface area contributed by atoms with E-state index >= 15 is 0 Å². The van der Waals surface area contributed by atoms with Gasteiger partial charge < -0.3 is 24.0 Å². The van der Waals surface area contributed by atoms with E-state index in [0.717, 1.165) is 0 Å². The van der Waals surface area contributed by atoms with Crippen LogP contribution in [0.2, 0.25) is 0 Å². The van der Waals surface area contributed by atoms with Gasteiger partial charge in [0.05, 0.1) is 31.3 Å². The van der Waals surface area contributed by atoms with E-state index in [-0.39, 0.29) is 24.0 Å². The number of rotatable bonds is 6. The first-order valence-electron chi connectivity index (χ1n) is 9.98. The number of ether oxygens (including phenoxy) is 3. The number of hydrogen-bond donors (Lipinski definition) is 0. The predicted octanol–water partition coefficient (Wildman–Crippen LogP) is 1.24. The minimum Gasteiger partial charge on any atom is -0.490 e. The molecule has 0 aromatic heterocycles. The Balaban J connectivity index is 1.68. The van der Waals surface area contributed by atoms with Crippen LogP contribution in [0, 0.1) is 0 Å². The van der Waals surface area contributed by atoms with Gasteiger partial charge in [-0.15, -0.1) is 0 Å². The van der Waals surface area contributed by atoms with E-state index in [4.69, 9.17) is 14.2 Å². The molecule has 2 fully saturated rings. The molecule has 0 bridgehead atoms. The van der Waals surface area contributed by atoms with Crippen molar-refractivity contribution in [2.45, 2.75) is 18.7 Å². The third kappa shape index (κ3) is 4.93. The first-order valence-corrected chi connectivity index (χ1v) is 11.4. The van der Waals surface area contributed by atoms with E-state index < -0.39 is 10.0 Å². The topological polar surface area (TPSA) is 88.6 Å². The molecule has 2 heterocycles. The quantitative estimate of drug-likeness (QED) is 0.679. The molecule has 3 rings (SSSR count). The molecule has 0 aliphatic carbocycles. The van der Waals surface area contributed by atoms with Crippen LogP contribution in [0.25, 0.3) is 0 Å². The van der Waals surface area contributed by atoms with Crippen LogP contribution >= 0.6 is 0 Å². The highest BCUT2D eigenvalue weighted by Gasteiger charge is 2.32. The molecular formula is C19H29N3O6S. The van der Waals surface area contributed by atoms with Crippen molar-refractivity contribution in [1.82, 2.24) is 14.1 Å². The van der Waals surface area contributed by atoms with Crippen LogP contribution in [-0.4, -0.2) is 94.3 Å². The number of benzene rings is 1. The number of hydrogen-bond acceptors (Lipinski definition) is 6. The molecule has 2 saturated heterocycles. The standard InChI is InChI=1S/C19H29N3O6S/c1-3-27-17-6-5-16(15-18(17)28-4-2)29(24,25)22-9-7-20(8-10-22)19(23)21-11-13-26-14-12-21/h5-6,15H,3-4,7-14H2,1-2H3. The van der Waals surface area contributed by atoms with Crippen LogP contribution in [0.3, 0.4) is 0 Å². The first-order chi connectivity index (χ1) is 14.0. The zero-order valence-corrected chi connectivity index (χ0v) is 17.8. The van der Waals surface area contributed by atoms with Crippen LogP contribution in [0.5, 0.6) is 11.5 Å². The van der Waals surface area contributed by atoms with Gasteiger partial charge in [-0.25, -0.2) is 13.2 Å². The van der Waals surface area contributed by atoms with Gasteiger partial charge in [0.2, 0.25) is 10.0 Å². The molecule has 2 amide bonds. The minimum atomic E-state index is -3.68. The van der Waals surface area contributed by atoms with Gasteiger partial charge in [0, 0.05) is 45.3 Å². The number of amides is 2. The summed E-state index contributed by atoms with van der Waals surface area (Å²) in [6.07, 6.45) is 0. The summed E-state index contributed by atoms with van der Waals surface area (Å²) in [6.45, 7) is 8.05. The molecule has 10 heteroatoms. The summed E-state index contributed by atoms with van der Waals surface area (Å²) in [7, 11) is -3.68. The number of morpholine rings is 1. The lowest BCUT2D eigenvalue weighted by molar-refractivity contribution is 0.0405. The van der Waals surface area contributed by atoms with Crippen molar-refractivity contribution in [2.24, 2.45) is 0 Å². The average molecular weight is 428 g/mol. The molecule has 2 aliphatic rings. The van der Waals surface area contributed by atoms with E-state index in [9.17, 15) is 13.2 Å². The van der Waals surface area contributed by atoms with Crippen molar-refractivity contribution in [2.75, 3.05) is 65.7 Å². The van der Waals surface area contributed by atoms with E-state index in [0.29, 0.717) is 64.1 Å².